The first kappa shape index (κ1) is 15.7. The van der Waals surface area contributed by atoms with E-state index in [1.54, 1.807) is 0 Å². The SMILES string of the molecule is Clc1ccc(NC2CCCCCCCCCCC2)cc1. The fourth-order valence-electron chi connectivity index (χ4n) is 3.09. The minimum atomic E-state index is 0.635. The third-order valence-corrected chi connectivity index (χ3v) is 4.57. The molecule has 1 saturated carbocycles. The third-order valence-electron chi connectivity index (χ3n) is 4.32. The molecule has 0 spiro atoms. The van der Waals surface area contributed by atoms with Gasteiger partial charge in [0.25, 0.3) is 0 Å². The maximum Gasteiger partial charge on any atom is 0.0407 e. The van der Waals surface area contributed by atoms with Crippen LogP contribution in [0.15, 0.2) is 24.3 Å². The Morgan fingerprint density at radius 2 is 1.15 bits per heavy atom. The summed E-state index contributed by atoms with van der Waals surface area (Å²) in [5.74, 6) is 0. The van der Waals surface area contributed by atoms with Crippen LogP contribution in [0.4, 0.5) is 5.69 Å². The second-order valence-electron chi connectivity index (χ2n) is 6.11. The van der Waals surface area contributed by atoms with Gasteiger partial charge in [-0.1, -0.05) is 69.4 Å². The van der Waals surface area contributed by atoms with Gasteiger partial charge in [0.15, 0.2) is 0 Å². The van der Waals surface area contributed by atoms with E-state index in [1.165, 1.54) is 76.3 Å². The lowest BCUT2D eigenvalue weighted by Crippen LogP contribution is -2.19. The van der Waals surface area contributed by atoms with Gasteiger partial charge in [-0.2, -0.15) is 0 Å². The Labute approximate surface area is 129 Å². The molecule has 0 atom stereocenters. The molecule has 1 N–H and O–H groups in total. The topological polar surface area (TPSA) is 12.0 Å². The van der Waals surface area contributed by atoms with Crippen molar-refractivity contribution in [2.45, 2.75) is 76.7 Å². The Balaban J connectivity index is 1.83. The molecular weight excluding hydrogens is 266 g/mol. The summed E-state index contributed by atoms with van der Waals surface area (Å²) >= 11 is 5.95. The van der Waals surface area contributed by atoms with Crippen molar-refractivity contribution < 1.29 is 0 Å². The molecule has 2 heteroatoms. The van der Waals surface area contributed by atoms with Crippen molar-refractivity contribution in [1.82, 2.24) is 0 Å². The third kappa shape index (κ3) is 6.17. The maximum atomic E-state index is 5.95. The first-order valence-corrected chi connectivity index (χ1v) is 8.74. The van der Waals surface area contributed by atoms with Crippen molar-refractivity contribution >= 4 is 17.3 Å². The average Bonchev–Trinajstić information content (AvgIpc) is 2.44. The van der Waals surface area contributed by atoms with E-state index in [-0.39, 0.29) is 0 Å². The molecule has 112 valence electrons. The molecule has 1 aromatic carbocycles. The molecule has 0 saturated heterocycles. The van der Waals surface area contributed by atoms with Gasteiger partial charge in [-0.15, -0.1) is 0 Å². The van der Waals surface area contributed by atoms with Crippen molar-refractivity contribution in [3.63, 3.8) is 0 Å². The van der Waals surface area contributed by atoms with E-state index < -0.39 is 0 Å². The Hall–Kier alpha value is -0.690. The van der Waals surface area contributed by atoms with Crippen molar-refractivity contribution in [2.75, 3.05) is 5.32 Å². The fourth-order valence-corrected chi connectivity index (χ4v) is 3.22. The van der Waals surface area contributed by atoms with E-state index in [0.29, 0.717) is 6.04 Å². The number of hydrogen-bond donors (Lipinski definition) is 1. The second kappa shape index (κ2) is 9.28. The van der Waals surface area contributed by atoms with Crippen LogP contribution in [0.3, 0.4) is 0 Å². The largest absolute Gasteiger partial charge is 0.382 e. The summed E-state index contributed by atoms with van der Waals surface area (Å²) in [5, 5.41) is 4.52. The van der Waals surface area contributed by atoms with Crippen LogP contribution in [0.2, 0.25) is 5.02 Å². The summed E-state index contributed by atoms with van der Waals surface area (Å²) in [4.78, 5) is 0. The fraction of sp³-hybridized carbons (Fsp3) is 0.667. The number of hydrogen-bond acceptors (Lipinski definition) is 1. The number of rotatable bonds is 2. The summed E-state index contributed by atoms with van der Waals surface area (Å²) in [6, 6.07) is 8.77. The summed E-state index contributed by atoms with van der Waals surface area (Å²) in [5.41, 5.74) is 1.21. The molecule has 0 radical (unpaired) electrons. The molecule has 0 unspecified atom stereocenters. The van der Waals surface area contributed by atoms with Gasteiger partial charge in [0.05, 0.1) is 0 Å². The van der Waals surface area contributed by atoms with Gasteiger partial charge >= 0.3 is 0 Å². The van der Waals surface area contributed by atoms with E-state index in [2.05, 4.69) is 17.4 Å². The van der Waals surface area contributed by atoms with Crippen molar-refractivity contribution in [3.8, 4) is 0 Å². The molecule has 1 aliphatic rings. The summed E-state index contributed by atoms with van der Waals surface area (Å²) in [6.45, 7) is 0. The zero-order valence-corrected chi connectivity index (χ0v) is 13.3. The Bertz CT molecular complexity index is 348. The first-order valence-electron chi connectivity index (χ1n) is 8.37. The standard InChI is InChI=1S/C18H28ClN/c19-16-12-14-18(15-13-16)20-17-10-8-6-4-2-1-3-5-7-9-11-17/h12-15,17,20H,1-11H2. The lowest BCUT2D eigenvalue weighted by molar-refractivity contribution is 0.480. The van der Waals surface area contributed by atoms with Gasteiger partial charge < -0.3 is 5.32 Å². The van der Waals surface area contributed by atoms with Crippen molar-refractivity contribution in [1.29, 1.82) is 0 Å². The first-order chi connectivity index (χ1) is 9.84. The highest BCUT2D eigenvalue weighted by Gasteiger charge is 2.09. The van der Waals surface area contributed by atoms with Gasteiger partial charge in [-0.3, -0.25) is 0 Å². The van der Waals surface area contributed by atoms with Gasteiger partial charge in [-0.25, -0.2) is 0 Å². The molecule has 0 bridgehead atoms. The normalized spacial score (nSPS) is 19.9. The smallest absolute Gasteiger partial charge is 0.0407 e. The van der Waals surface area contributed by atoms with E-state index in [9.17, 15) is 0 Å². The molecule has 0 aromatic heterocycles. The number of benzene rings is 1. The van der Waals surface area contributed by atoms with Crippen LogP contribution >= 0.6 is 11.6 Å². The zero-order valence-electron chi connectivity index (χ0n) is 12.5. The Morgan fingerprint density at radius 1 is 0.700 bits per heavy atom. The monoisotopic (exact) mass is 293 g/mol. The van der Waals surface area contributed by atoms with Crippen LogP contribution in [0.5, 0.6) is 0 Å². The van der Waals surface area contributed by atoms with Gasteiger partial charge in [-0.05, 0) is 37.1 Å². The maximum absolute atomic E-state index is 5.95. The highest BCUT2D eigenvalue weighted by atomic mass is 35.5. The van der Waals surface area contributed by atoms with E-state index in [0.717, 1.165) is 5.02 Å². The quantitative estimate of drug-likeness (QED) is 0.663. The van der Waals surface area contributed by atoms with E-state index in [1.807, 2.05) is 12.1 Å². The molecule has 1 aromatic rings. The van der Waals surface area contributed by atoms with Gasteiger partial charge in [0, 0.05) is 16.8 Å². The van der Waals surface area contributed by atoms with Gasteiger partial charge in [0.2, 0.25) is 0 Å². The summed E-state index contributed by atoms with van der Waals surface area (Å²) in [7, 11) is 0. The van der Waals surface area contributed by atoms with Crippen LogP contribution < -0.4 is 5.32 Å². The van der Waals surface area contributed by atoms with Crippen LogP contribution in [-0.2, 0) is 0 Å². The second-order valence-corrected chi connectivity index (χ2v) is 6.54. The lowest BCUT2D eigenvalue weighted by Gasteiger charge is -2.20. The molecular formula is C18H28ClN. The average molecular weight is 294 g/mol. The minimum Gasteiger partial charge on any atom is -0.382 e. The predicted octanol–water partition coefficient (Wildman–Crippen LogP) is 6.43. The Kier molecular flexibility index (Phi) is 7.28. The minimum absolute atomic E-state index is 0.635. The van der Waals surface area contributed by atoms with Crippen LogP contribution in [0.1, 0.15) is 70.6 Å². The number of nitrogens with one attached hydrogen (secondary N) is 1. The van der Waals surface area contributed by atoms with Crippen LogP contribution in [-0.4, -0.2) is 6.04 Å². The van der Waals surface area contributed by atoms with Crippen molar-refractivity contribution in [3.05, 3.63) is 29.3 Å². The highest BCUT2D eigenvalue weighted by Crippen LogP contribution is 2.21. The molecule has 1 fully saturated rings. The zero-order chi connectivity index (χ0) is 14.0. The van der Waals surface area contributed by atoms with Crippen molar-refractivity contribution in [2.24, 2.45) is 0 Å². The summed E-state index contributed by atoms with van der Waals surface area (Å²) in [6.07, 6.45) is 15.3. The molecule has 0 aliphatic heterocycles. The Morgan fingerprint density at radius 3 is 1.65 bits per heavy atom. The molecule has 2 rings (SSSR count). The number of halogens is 1. The van der Waals surface area contributed by atoms with E-state index in [4.69, 9.17) is 11.6 Å². The molecule has 1 nitrogen and oxygen atoms in total. The number of anilines is 1. The molecule has 0 amide bonds. The highest BCUT2D eigenvalue weighted by molar-refractivity contribution is 6.30. The molecule has 0 heterocycles. The van der Waals surface area contributed by atoms with Crippen LogP contribution in [0.25, 0.3) is 0 Å². The summed E-state index contributed by atoms with van der Waals surface area (Å²) < 4.78 is 0. The molecule has 20 heavy (non-hydrogen) atoms. The predicted molar refractivity (Wildman–Crippen MR) is 89.6 cm³/mol. The molecule has 1 aliphatic carbocycles. The van der Waals surface area contributed by atoms with Gasteiger partial charge in [0.1, 0.15) is 0 Å². The van der Waals surface area contributed by atoms with Crippen LogP contribution in [0, 0.1) is 0 Å². The van der Waals surface area contributed by atoms with E-state index >= 15 is 0 Å². The lowest BCUT2D eigenvalue weighted by atomic mass is 9.98.